The SMILES string of the molecule is CCc1ccc(C(=O)NC2CCC(C(=O)OC)CC2)o1. The van der Waals surface area contributed by atoms with E-state index in [1.54, 1.807) is 6.07 Å². The van der Waals surface area contributed by atoms with Gasteiger partial charge in [0.05, 0.1) is 13.0 Å². The van der Waals surface area contributed by atoms with Crippen LogP contribution in [0.4, 0.5) is 0 Å². The van der Waals surface area contributed by atoms with E-state index in [0.29, 0.717) is 5.76 Å². The molecule has 110 valence electrons. The van der Waals surface area contributed by atoms with Gasteiger partial charge in [0.2, 0.25) is 0 Å². The lowest BCUT2D eigenvalue weighted by atomic mass is 9.86. The summed E-state index contributed by atoms with van der Waals surface area (Å²) in [6, 6.07) is 3.63. The Morgan fingerprint density at radius 1 is 1.30 bits per heavy atom. The maximum absolute atomic E-state index is 12.0. The molecule has 0 saturated heterocycles. The summed E-state index contributed by atoms with van der Waals surface area (Å²) in [5, 5.41) is 2.97. The van der Waals surface area contributed by atoms with E-state index in [1.807, 2.05) is 13.0 Å². The van der Waals surface area contributed by atoms with Gasteiger partial charge >= 0.3 is 5.97 Å². The first-order valence-electron chi connectivity index (χ1n) is 7.11. The van der Waals surface area contributed by atoms with Crippen molar-refractivity contribution in [1.82, 2.24) is 5.32 Å². The highest BCUT2D eigenvalue weighted by Crippen LogP contribution is 2.25. The number of rotatable bonds is 4. The lowest BCUT2D eigenvalue weighted by molar-refractivity contribution is -0.146. The Morgan fingerprint density at radius 3 is 2.55 bits per heavy atom. The lowest BCUT2D eigenvalue weighted by Gasteiger charge is -2.27. The first-order chi connectivity index (χ1) is 9.63. The van der Waals surface area contributed by atoms with E-state index in [0.717, 1.165) is 37.9 Å². The molecule has 20 heavy (non-hydrogen) atoms. The van der Waals surface area contributed by atoms with E-state index >= 15 is 0 Å². The molecule has 1 amide bonds. The van der Waals surface area contributed by atoms with Gasteiger partial charge in [-0.2, -0.15) is 0 Å². The normalized spacial score (nSPS) is 22.3. The fourth-order valence-electron chi connectivity index (χ4n) is 2.59. The molecule has 0 aromatic carbocycles. The van der Waals surface area contributed by atoms with Crippen molar-refractivity contribution in [2.75, 3.05) is 7.11 Å². The maximum Gasteiger partial charge on any atom is 0.308 e. The molecule has 0 radical (unpaired) electrons. The second-order valence-corrected chi connectivity index (χ2v) is 5.16. The highest BCUT2D eigenvalue weighted by molar-refractivity contribution is 5.91. The van der Waals surface area contributed by atoms with Crippen LogP contribution in [0.3, 0.4) is 0 Å². The van der Waals surface area contributed by atoms with Gasteiger partial charge in [0.15, 0.2) is 5.76 Å². The molecule has 0 bridgehead atoms. The fourth-order valence-corrected chi connectivity index (χ4v) is 2.59. The Bertz CT molecular complexity index is 472. The van der Waals surface area contributed by atoms with Crippen LogP contribution in [0.25, 0.3) is 0 Å². The molecule has 1 aromatic heterocycles. The highest BCUT2D eigenvalue weighted by atomic mass is 16.5. The zero-order valence-electron chi connectivity index (χ0n) is 12.0. The molecule has 1 saturated carbocycles. The van der Waals surface area contributed by atoms with Gasteiger partial charge in [-0.25, -0.2) is 0 Å². The molecule has 1 aliphatic rings. The summed E-state index contributed by atoms with van der Waals surface area (Å²) in [4.78, 5) is 23.4. The summed E-state index contributed by atoms with van der Waals surface area (Å²) in [5.41, 5.74) is 0. The standard InChI is InChI=1S/C15H21NO4/c1-3-12-8-9-13(20-12)14(17)16-11-6-4-10(5-7-11)15(18)19-2/h8-11H,3-7H2,1-2H3,(H,16,17). The summed E-state index contributed by atoms with van der Waals surface area (Å²) in [6.07, 6.45) is 3.89. The van der Waals surface area contributed by atoms with Crippen molar-refractivity contribution in [1.29, 1.82) is 0 Å². The third-order valence-electron chi connectivity index (χ3n) is 3.83. The number of nitrogens with one attached hydrogen (secondary N) is 1. The average molecular weight is 279 g/mol. The zero-order chi connectivity index (χ0) is 14.5. The number of hydrogen-bond donors (Lipinski definition) is 1. The fraction of sp³-hybridized carbons (Fsp3) is 0.600. The van der Waals surface area contributed by atoms with Crippen LogP contribution in [0.5, 0.6) is 0 Å². The molecule has 0 unspecified atom stereocenters. The van der Waals surface area contributed by atoms with Gasteiger partial charge in [-0.05, 0) is 37.8 Å². The molecular formula is C15H21NO4. The van der Waals surface area contributed by atoms with E-state index in [-0.39, 0.29) is 23.8 Å². The van der Waals surface area contributed by atoms with E-state index in [9.17, 15) is 9.59 Å². The third kappa shape index (κ3) is 3.40. The number of carbonyl (C=O) groups excluding carboxylic acids is 2. The number of aryl methyl sites for hydroxylation is 1. The smallest absolute Gasteiger partial charge is 0.308 e. The van der Waals surface area contributed by atoms with E-state index in [2.05, 4.69) is 5.32 Å². The van der Waals surface area contributed by atoms with E-state index in [1.165, 1.54) is 7.11 Å². The van der Waals surface area contributed by atoms with E-state index < -0.39 is 0 Å². The summed E-state index contributed by atoms with van der Waals surface area (Å²) >= 11 is 0. The number of hydrogen-bond acceptors (Lipinski definition) is 4. The Morgan fingerprint density at radius 2 is 2.00 bits per heavy atom. The number of methoxy groups -OCH3 is 1. The topological polar surface area (TPSA) is 68.5 Å². The van der Waals surface area contributed by atoms with Gasteiger partial charge < -0.3 is 14.5 Å². The molecular weight excluding hydrogens is 258 g/mol. The minimum absolute atomic E-state index is 0.0246. The van der Waals surface area contributed by atoms with Crippen molar-refractivity contribution in [2.45, 2.75) is 45.1 Å². The average Bonchev–Trinajstić information content (AvgIpc) is 2.96. The van der Waals surface area contributed by atoms with Crippen molar-refractivity contribution in [2.24, 2.45) is 5.92 Å². The Hall–Kier alpha value is -1.78. The Labute approximate surface area is 118 Å². The quantitative estimate of drug-likeness (QED) is 0.859. The minimum Gasteiger partial charge on any atom is -0.469 e. The van der Waals surface area contributed by atoms with Gasteiger partial charge in [0.25, 0.3) is 5.91 Å². The number of amides is 1. The van der Waals surface area contributed by atoms with Crippen molar-refractivity contribution in [3.05, 3.63) is 23.7 Å². The van der Waals surface area contributed by atoms with Gasteiger partial charge in [0.1, 0.15) is 5.76 Å². The van der Waals surface area contributed by atoms with Crippen LogP contribution >= 0.6 is 0 Å². The lowest BCUT2D eigenvalue weighted by Crippen LogP contribution is -2.38. The van der Waals surface area contributed by atoms with Crippen molar-refractivity contribution in [3.63, 3.8) is 0 Å². The van der Waals surface area contributed by atoms with Crippen LogP contribution in [-0.2, 0) is 16.0 Å². The first kappa shape index (κ1) is 14.6. The summed E-state index contributed by atoms with van der Waals surface area (Å²) in [5.74, 6) is 0.824. The molecule has 2 rings (SSSR count). The summed E-state index contributed by atoms with van der Waals surface area (Å²) in [7, 11) is 1.42. The molecule has 0 atom stereocenters. The van der Waals surface area contributed by atoms with Crippen LogP contribution in [0.1, 0.15) is 48.9 Å². The number of ether oxygens (including phenoxy) is 1. The first-order valence-corrected chi connectivity index (χ1v) is 7.11. The van der Waals surface area contributed by atoms with Gasteiger partial charge in [-0.3, -0.25) is 9.59 Å². The molecule has 5 nitrogen and oxygen atoms in total. The maximum atomic E-state index is 12.0. The Balaban J connectivity index is 1.83. The second kappa shape index (κ2) is 6.59. The number of esters is 1. The second-order valence-electron chi connectivity index (χ2n) is 5.16. The predicted octanol–water partition coefficient (Wildman–Crippen LogP) is 2.30. The molecule has 0 aliphatic heterocycles. The molecule has 0 spiro atoms. The monoisotopic (exact) mass is 279 g/mol. The van der Waals surface area contributed by atoms with Crippen LogP contribution in [-0.4, -0.2) is 25.0 Å². The molecule has 1 heterocycles. The van der Waals surface area contributed by atoms with Gasteiger partial charge in [-0.1, -0.05) is 6.92 Å². The largest absolute Gasteiger partial charge is 0.469 e. The molecule has 1 aromatic rings. The van der Waals surface area contributed by atoms with Gasteiger partial charge in [0, 0.05) is 12.5 Å². The highest BCUT2D eigenvalue weighted by Gasteiger charge is 2.28. The molecule has 1 N–H and O–H groups in total. The summed E-state index contributed by atoms with van der Waals surface area (Å²) in [6.45, 7) is 1.98. The van der Waals surface area contributed by atoms with E-state index in [4.69, 9.17) is 9.15 Å². The zero-order valence-corrected chi connectivity index (χ0v) is 12.0. The van der Waals surface area contributed by atoms with Crippen LogP contribution in [0.2, 0.25) is 0 Å². The third-order valence-corrected chi connectivity index (χ3v) is 3.83. The molecule has 5 heteroatoms. The predicted molar refractivity (Wildman–Crippen MR) is 73.3 cm³/mol. The molecule has 1 fully saturated rings. The van der Waals surface area contributed by atoms with Gasteiger partial charge in [-0.15, -0.1) is 0 Å². The number of carbonyl (C=O) groups is 2. The summed E-state index contributed by atoms with van der Waals surface area (Å²) < 4.78 is 10.2. The minimum atomic E-state index is -0.175. The van der Waals surface area contributed by atoms with Crippen molar-refractivity contribution >= 4 is 11.9 Å². The number of furan rings is 1. The van der Waals surface area contributed by atoms with Crippen molar-refractivity contribution < 1.29 is 18.7 Å². The Kier molecular flexibility index (Phi) is 4.82. The van der Waals surface area contributed by atoms with Crippen LogP contribution in [0, 0.1) is 5.92 Å². The molecule has 1 aliphatic carbocycles. The van der Waals surface area contributed by atoms with Crippen LogP contribution in [0.15, 0.2) is 16.5 Å². The van der Waals surface area contributed by atoms with Crippen molar-refractivity contribution in [3.8, 4) is 0 Å². The van der Waals surface area contributed by atoms with Crippen LogP contribution < -0.4 is 5.32 Å².